The molecule has 2 aliphatic rings. The number of unbranched alkanes of at least 4 members (excludes halogenated alkanes) is 3. The van der Waals surface area contributed by atoms with Gasteiger partial charge >= 0.3 is 29.3 Å². The third kappa shape index (κ3) is 44.4. The second-order valence-electron chi connectivity index (χ2n) is 19.6. The molecule has 1 aliphatic carbocycles. The fourth-order valence-electron chi connectivity index (χ4n) is 6.54. The van der Waals surface area contributed by atoms with E-state index in [2.05, 4.69) is 64.4 Å². The van der Waals surface area contributed by atoms with E-state index >= 15 is 0 Å². The first-order valence-corrected chi connectivity index (χ1v) is 29.0. The minimum atomic E-state index is -2.20. The van der Waals surface area contributed by atoms with Crippen LogP contribution in [0.3, 0.4) is 0 Å². The number of hydrogen-bond donors (Lipinski definition) is 23. The first-order valence-electron chi connectivity index (χ1n) is 28.3. The number of nitrogens with two attached hydrogens (primary N) is 4. The van der Waals surface area contributed by atoms with Crippen molar-refractivity contribution in [3.8, 4) is 0 Å². The largest absolute Gasteiger partial charge is 3.00 e. The number of rotatable bonds is 23. The van der Waals surface area contributed by atoms with Gasteiger partial charge in [0.15, 0.2) is 18.2 Å². The molecule has 3 unspecified atom stereocenters. The summed E-state index contributed by atoms with van der Waals surface area (Å²) in [5, 5.41) is 169. The predicted molar refractivity (Wildman–Crippen MR) is 352 cm³/mol. The summed E-state index contributed by atoms with van der Waals surface area (Å²) in [5.74, 6) is -6.26. The van der Waals surface area contributed by atoms with Crippen LogP contribution in [0.25, 0.3) is 0 Å². The summed E-state index contributed by atoms with van der Waals surface area (Å²) < 4.78 is 0. The number of aryl methyl sites for hydroxylation is 1. The molecule has 40 heteroatoms. The van der Waals surface area contributed by atoms with Gasteiger partial charge < -0.3 is 151 Å². The molecule has 3 aromatic rings. The van der Waals surface area contributed by atoms with Crippen LogP contribution < -0.4 is 59.5 Å². The maximum atomic E-state index is 10.1. The van der Waals surface area contributed by atoms with Crippen molar-refractivity contribution in [2.24, 2.45) is 47.9 Å². The smallest absolute Gasteiger partial charge is 0.547 e. The minimum absolute atomic E-state index is 0. The molecule has 0 saturated heterocycles. The molecule has 1 aliphatic heterocycles. The fraction of sp³-hybridized carbons (Fsp3) is 0.500. The molecule has 0 bridgehead atoms. The SMILES string of the molecule is CC(O)C(=O)[O-].CC(O)C(=O)[O-].CC(O)C(=O)[O-].Cl.NC(=NCCCCCCN=C(N)N=C(N)Nc1ccc(Cl)cc1)N=C(N)Nc1ccc(Cl)cc1.O=C(O)[C@H](O)[C@@H](O)[C@H](O)[C@H](O)CO.O=C(O)[C@H](O)[C@@H](O)[C@H](O)[C@H](O)CO.[Al+3].c1cc2c(c(NC3=NCCN3)c1)CCCC2. The van der Waals surface area contributed by atoms with Gasteiger partial charge in [-0.05, 0) is 125 Å². The van der Waals surface area contributed by atoms with Crippen molar-refractivity contribution in [3.63, 3.8) is 0 Å². The number of aliphatic hydroxyl groups is 13. The van der Waals surface area contributed by atoms with Gasteiger partial charge in [0.2, 0.25) is 23.8 Å². The average Bonchev–Trinajstić information content (AvgIpc) is 1.12. The number of anilines is 3. The Bertz CT molecular complexity index is 2710. The number of carboxylic acid groups (broad SMARTS) is 5. The van der Waals surface area contributed by atoms with Gasteiger partial charge in [-0.2, -0.15) is 9.98 Å². The van der Waals surface area contributed by atoms with Gasteiger partial charge in [-0.3, -0.25) is 15.0 Å². The normalized spacial score (nSPS) is 15.8. The quantitative estimate of drug-likeness (QED) is 0.0181. The van der Waals surface area contributed by atoms with E-state index in [1.54, 1.807) is 48.5 Å². The summed E-state index contributed by atoms with van der Waals surface area (Å²) in [4.78, 5) is 69.0. The second-order valence-corrected chi connectivity index (χ2v) is 20.5. The van der Waals surface area contributed by atoms with Crippen LogP contribution in [0.2, 0.25) is 10.0 Å². The first kappa shape index (κ1) is 95.0. The molecule has 3 aromatic carbocycles. The number of carbonyl (C=O) groups is 5. The zero-order valence-corrected chi connectivity index (χ0v) is 55.8. The standard InChI is InChI=1S/C22H30Cl2N10.C13H17N3.2C6H12O7.3C3H6O3.Al.ClH/c23-15-5-9-17(10-6-15)31-21(27)33-19(25)29-13-3-1-2-4-14-30-20(26)34-22(28)32-18-11-7-16(24)8-12-18;1-2-6-11-10(4-1)5-3-7-12(11)16-13-14-8-9-15-13;2*7-1-2(8)3(9)4(10)5(11)6(12)13;3*1-2(4)3(5)6;;/h5-12H,1-4,13-14H2,(H5,25,27,29,31,33)(H5,26,28,30,32,34);3,5,7H,1-2,4,6,8-9H2,(H2,14,15,16);2*2-5,7-11H,1H2,(H,12,13);3*2,4H,1H3,(H,5,6);;1H/q;;;;;;;+3;/p-3/t;;2*2-,3-,4+,5-;;;;;/m..11...../s1. The Kier molecular flexibility index (Phi) is 53.2. The Hall–Kier alpha value is -7.36. The van der Waals surface area contributed by atoms with E-state index in [1.165, 1.54) is 42.5 Å². The summed E-state index contributed by atoms with van der Waals surface area (Å²) in [7, 11) is 0. The van der Waals surface area contributed by atoms with Gasteiger partial charge in [0.25, 0.3) is 0 Å². The predicted octanol–water partition coefficient (Wildman–Crippen LogP) is -7.32. The number of aliphatic carboxylic acids is 5. The van der Waals surface area contributed by atoms with Crippen LogP contribution >= 0.6 is 35.6 Å². The van der Waals surface area contributed by atoms with Gasteiger partial charge in [0, 0.05) is 46.7 Å². The van der Waals surface area contributed by atoms with Crippen molar-refractivity contribution in [2.75, 3.05) is 55.3 Å². The van der Waals surface area contributed by atoms with Crippen LogP contribution in [-0.2, 0) is 36.8 Å². The average molecular weight is 1440 g/mol. The molecule has 11 atom stereocenters. The molecule has 538 valence electrons. The number of halogens is 3. The summed E-state index contributed by atoms with van der Waals surface area (Å²) in [6.45, 7) is 4.68. The topological polar surface area (TPSA) is 672 Å². The summed E-state index contributed by atoms with van der Waals surface area (Å²) in [6.07, 6.45) is -11.0. The molecular weight excluding hydrogens is 1360 g/mol. The summed E-state index contributed by atoms with van der Waals surface area (Å²) >= 11 is 11.7. The van der Waals surface area contributed by atoms with E-state index < -0.39 is 110 Å². The molecule has 36 nitrogen and oxygen atoms in total. The number of carboxylic acids is 5. The van der Waals surface area contributed by atoms with Crippen LogP contribution in [0.4, 0.5) is 17.1 Å². The molecule has 0 spiro atoms. The number of nitrogens with one attached hydrogen (secondary N) is 4. The molecule has 1 heterocycles. The Morgan fingerprint density at radius 3 is 1.24 bits per heavy atom. The first-order chi connectivity index (χ1) is 44.0. The second kappa shape index (κ2) is 53.7. The summed E-state index contributed by atoms with van der Waals surface area (Å²) in [6, 6.07) is 20.7. The van der Waals surface area contributed by atoms with Crippen LogP contribution in [0.1, 0.15) is 70.4 Å². The van der Waals surface area contributed by atoms with Gasteiger partial charge in [-0.25, -0.2) is 9.59 Å². The van der Waals surface area contributed by atoms with Crippen LogP contribution in [0, 0.1) is 0 Å². The maximum Gasteiger partial charge on any atom is 3.00 e. The van der Waals surface area contributed by atoms with Gasteiger partial charge in [-0.15, -0.1) is 12.4 Å². The molecule has 0 saturated carbocycles. The minimum Gasteiger partial charge on any atom is -0.547 e. The zero-order valence-electron chi connectivity index (χ0n) is 52.4. The van der Waals surface area contributed by atoms with Crippen LogP contribution in [0.5, 0.6) is 0 Å². The number of hydrogen-bond acceptors (Lipinski definition) is 26. The van der Waals surface area contributed by atoms with Crippen LogP contribution in [-0.4, -0.2) is 260 Å². The maximum absolute atomic E-state index is 10.1. The molecule has 0 aromatic heterocycles. The van der Waals surface area contributed by atoms with Gasteiger partial charge in [0.05, 0.1) is 56.0 Å². The van der Waals surface area contributed by atoms with Crippen LogP contribution in [0.15, 0.2) is 91.7 Å². The Balaban J connectivity index is -0.000000573. The van der Waals surface area contributed by atoms with E-state index in [1.807, 2.05) is 0 Å². The molecule has 96 heavy (non-hydrogen) atoms. The molecule has 0 amide bonds. The zero-order chi connectivity index (χ0) is 72.2. The molecular formula is C56H87AlCl3N13O23. The van der Waals surface area contributed by atoms with Crippen molar-refractivity contribution in [3.05, 3.63) is 87.9 Å². The number of benzene rings is 3. The van der Waals surface area contributed by atoms with E-state index in [9.17, 15) is 39.3 Å². The number of guanidine groups is 5. The molecule has 0 radical (unpaired) electrons. The number of aliphatic hydroxyl groups excluding tert-OH is 13. The summed E-state index contributed by atoms with van der Waals surface area (Å²) in [5.41, 5.74) is 29.0. The van der Waals surface area contributed by atoms with Crippen molar-refractivity contribution in [2.45, 2.75) is 139 Å². The van der Waals surface area contributed by atoms with Crippen molar-refractivity contribution < 1.29 is 116 Å². The van der Waals surface area contributed by atoms with Gasteiger partial charge in [0.1, 0.15) is 36.6 Å². The number of aliphatic imine (C=N–C) groups is 5. The monoisotopic (exact) mass is 1440 g/mol. The van der Waals surface area contributed by atoms with E-state index in [0.29, 0.717) is 23.1 Å². The Morgan fingerprint density at radius 2 is 0.927 bits per heavy atom. The van der Waals surface area contributed by atoms with Crippen molar-refractivity contribution in [1.29, 1.82) is 0 Å². The van der Waals surface area contributed by atoms with E-state index in [-0.39, 0.29) is 53.6 Å². The Labute approximate surface area is 578 Å². The number of nitrogens with zero attached hydrogens (tertiary/aromatic N) is 5. The van der Waals surface area contributed by atoms with Crippen molar-refractivity contribution >= 4 is 130 Å². The molecule has 5 rings (SSSR count). The molecule has 0 fully saturated rings. The fourth-order valence-corrected chi connectivity index (χ4v) is 6.80. The van der Waals surface area contributed by atoms with Gasteiger partial charge in [-0.1, -0.05) is 48.2 Å². The van der Waals surface area contributed by atoms with E-state index in [0.717, 1.165) is 76.9 Å². The Morgan fingerprint density at radius 1 is 0.573 bits per heavy atom. The van der Waals surface area contributed by atoms with E-state index in [4.69, 9.17) is 123 Å². The van der Waals surface area contributed by atoms with Crippen molar-refractivity contribution in [1.82, 2.24) is 5.32 Å². The third-order valence-electron chi connectivity index (χ3n) is 11.7. The number of carbonyl (C=O) groups excluding carboxylic acids is 3. The third-order valence-corrected chi connectivity index (χ3v) is 12.2. The number of fused-ring (bicyclic) bond motifs is 1. The molecule has 27 N–H and O–H groups in total.